The van der Waals surface area contributed by atoms with Crippen molar-refractivity contribution in [2.75, 3.05) is 27.9 Å². The van der Waals surface area contributed by atoms with Gasteiger partial charge < -0.3 is 24.1 Å². The number of thioether (sulfide) groups is 1. The summed E-state index contributed by atoms with van der Waals surface area (Å²) in [5.41, 5.74) is 0.803. The third-order valence-electron chi connectivity index (χ3n) is 4.58. The summed E-state index contributed by atoms with van der Waals surface area (Å²) in [5, 5.41) is 10.9. The molecule has 1 aliphatic heterocycles. The molecule has 0 radical (unpaired) electrons. The number of aliphatic imine (C=N–C) groups is 1. The van der Waals surface area contributed by atoms with E-state index in [1.54, 1.807) is 55.5 Å². The van der Waals surface area contributed by atoms with Gasteiger partial charge >= 0.3 is 5.97 Å². The van der Waals surface area contributed by atoms with Gasteiger partial charge in [-0.1, -0.05) is 30.0 Å². The fraction of sp³-hybridized carbons (Fsp3) is 0.208. The number of carbonyl (C=O) groups is 2. The maximum absolute atomic E-state index is 12.6. The van der Waals surface area contributed by atoms with Crippen LogP contribution < -0.4 is 14.2 Å². The van der Waals surface area contributed by atoms with Gasteiger partial charge in [0.1, 0.15) is 16.4 Å². The minimum absolute atomic E-state index is 0.0542. The number of esters is 1. The van der Waals surface area contributed by atoms with Gasteiger partial charge in [0.05, 0.1) is 32.8 Å². The number of hydrogen-bond donors (Lipinski definition) is 1. The quantitative estimate of drug-likeness (QED) is 0.595. The third-order valence-corrected chi connectivity index (χ3v) is 5.60. The summed E-state index contributed by atoms with van der Waals surface area (Å²) >= 11 is 0.988. The Bertz CT molecular complexity index is 1130. The van der Waals surface area contributed by atoms with Crippen molar-refractivity contribution in [3.8, 4) is 17.2 Å². The van der Waals surface area contributed by atoms with Crippen molar-refractivity contribution in [2.45, 2.75) is 6.92 Å². The van der Waals surface area contributed by atoms with E-state index < -0.39 is 11.9 Å². The lowest BCUT2D eigenvalue weighted by molar-refractivity contribution is -0.138. The molecule has 1 heterocycles. The van der Waals surface area contributed by atoms with E-state index in [0.717, 1.165) is 11.8 Å². The molecule has 3 rings (SSSR count). The van der Waals surface area contributed by atoms with Gasteiger partial charge in [0.15, 0.2) is 11.5 Å². The Morgan fingerprint density at radius 3 is 2.21 bits per heavy atom. The van der Waals surface area contributed by atoms with Crippen LogP contribution in [0, 0.1) is 0 Å². The second kappa shape index (κ2) is 10.7. The summed E-state index contributed by atoms with van der Waals surface area (Å²) in [5.74, 6) is -0.365. The fourth-order valence-corrected chi connectivity index (χ4v) is 4.08. The first-order valence-corrected chi connectivity index (χ1v) is 10.7. The lowest BCUT2D eigenvalue weighted by Gasteiger charge is -2.13. The topological polar surface area (TPSA) is 104 Å². The van der Waals surface area contributed by atoms with Crippen LogP contribution in [0.15, 0.2) is 63.7 Å². The molecular weight excluding hydrogens is 446 g/mol. The summed E-state index contributed by atoms with van der Waals surface area (Å²) in [4.78, 5) is 29.5. The second-order valence-electron chi connectivity index (χ2n) is 6.60. The minimum atomic E-state index is -0.768. The van der Waals surface area contributed by atoms with Crippen molar-refractivity contribution in [1.29, 1.82) is 0 Å². The Morgan fingerprint density at radius 1 is 1.03 bits per heavy atom. The van der Waals surface area contributed by atoms with E-state index in [0.29, 0.717) is 33.3 Å². The summed E-state index contributed by atoms with van der Waals surface area (Å²) in [7, 11) is 4.49. The maximum atomic E-state index is 12.6. The van der Waals surface area contributed by atoms with Crippen molar-refractivity contribution in [1.82, 2.24) is 0 Å². The van der Waals surface area contributed by atoms with Crippen LogP contribution >= 0.6 is 11.8 Å². The number of carbonyl (C=O) groups excluding carboxylic acids is 2. The summed E-state index contributed by atoms with van der Waals surface area (Å²) < 4.78 is 21.1. The fourth-order valence-electron chi connectivity index (χ4n) is 3.07. The van der Waals surface area contributed by atoms with Gasteiger partial charge in [0, 0.05) is 5.56 Å². The molecule has 0 unspecified atom stereocenters. The van der Waals surface area contributed by atoms with Crippen LogP contribution in [0.4, 0.5) is 0 Å². The van der Waals surface area contributed by atoms with Crippen LogP contribution in [0.5, 0.6) is 17.2 Å². The molecule has 172 valence electrons. The van der Waals surface area contributed by atoms with E-state index in [2.05, 4.69) is 4.99 Å². The third kappa shape index (κ3) is 5.20. The molecule has 0 fully saturated rings. The zero-order chi connectivity index (χ0) is 24.0. The molecule has 8 nitrogen and oxygen atoms in total. The molecule has 0 aliphatic carbocycles. The Balaban J connectivity index is 2.07. The number of hydrogen-bond acceptors (Lipinski definition) is 8. The number of methoxy groups -OCH3 is 3. The monoisotopic (exact) mass is 469 g/mol. The number of rotatable bonds is 7. The molecule has 0 aromatic heterocycles. The van der Waals surface area contributed by atoms with E-state index in [1.807, 2.05) is 0 Å². The van der Waals surface area contributed by atoms with Crippen LogP contribution in [0.3, 0.4) is 0 Å². The van der Waals surface area contributed by atoms with Gasteiger partial charge in [-0.2, -0.15) is 0 Å². The van der Waals surface area contributed by atoms with Crippen LogP contribution in [0.2, 0.25) is 0 Å². The Labute approximate surface area is 195 Å². The van der Waals surface area contributed by atoms with Crippen molar-refractivity contribution >= 4 is 34.8 Å². The van der Waals surface area contributed by atoms with E-state index >= 15 is 0 Å². The standard InChI is InChI=1S/C24H23NO7S/c1-5-32-24(28)19-20(26)18(33-23(19)25-22(27)15-9-7-6-8-10-15)13-14-11-16(29-2)21(31-4)17(12-14)30-3/h6-13,26H,5H2,1-4H3. The van der Waals surface area contributed by atoms with Crippen LogP contribution in [-0.4, -0.2) is 50.0 Å². The van der Waals surface area contributed by atoms with E-state index in [1.165, 1.54) is 21.3 Å². The lowest BCUT2D eigenvalue weighted by atomic mass is 10.1. The molecule has 2 aromatic carbocycles. The molecule has 9 heteroatoms. The van der Waals surface area contributed by atoms with Gasteiger partial charge in [0.2, 0.25) is 5.75 Å². The van der Waals surface area contributed by atoms with E-state index in [-0.39, 0.29) is 23.0 Å². The molecule has 1 aliphatic rings. The molecule has 0 saturated carbocycles. The largest absolute Gasteiger partial charge is 0.506 e. The number of ether oxygens (including phenoxy) is 4. The zero-order valence-electron chi connectivity index (χ0n) is 18.6. The average Bonchev–Trinajstić information content (AvgIpc) is 3.13. The summed E-state index contributed by atoms with van der Waals surface area (Å²) in [6.45, 7) is 1.75. The molecule has 0 spiro atoms. The number of nitrogens with zero attached hydrogens (tertiary/aromatic N) is 1. The normalized spacial score (nSPS) is 15.6. The van der Waals surface area contributed by atoms with Gasteiger partial charge in [-0.25, -0.2) is 9.79 Å². The molecular formula is C24H23NO7S. The first-order chi connectivity index (χ1) is 15.9. The van der Waals surface area contributed by atoms with Gasteiger partial charge in [-0.15, -0.1) is 0 Å². The molecule has 0 atom stereocenters. The van der Waals surface area contributed by atoms with E-state index in [9.17, 15) is 14.7 Å². The molecule has 2 aromatic rings. The summed E-state index contributed by atoms with van der Waals surface area (Å²) in [6, 6.07) is 11.8. The molecule has 1 N–H and O–H groups in total. The Hall–Kier alpha value is -3.72. The Morgan fingerprint density at radius 2 is 1.67 bits per heavy atom. The van der Waals surface area contributed by atoms with Gasteiger partial charge in [0.25, 0.3) is 5.91 Å². The summed E-state index contributed by atoms with van der Waals surface area (Å²) in [6.07, 6.45) is 1.62. The van der Waals surface area contributed by atoms with Crippen LogP contribution in [-0.2, 0) is 9.53 Å². The molecule has 0 saturated heterocycles. The zero-order valence-corrected chi connectivity index (χ0v) is 19.4. The number of aliphatic hydroxyl groups is 1. The van der Waals surface area contributed by atoms with Gasteiger partial charge in [-0.05, 0) is 42.8 Å². The van der Waals surface area contributed by atoms with Crippen molar-refractivity contribution in [3.05, 3.63) is 69.8 Å². The highest BCUT2D eigenvalue weighted by Gasteiger charge is 2.34. The highest BCUT2D eigenvalue weighted by atomic mass is 32.2. The number of amides is 1. The van der Waals surface area contributed by atoms with Crippen LogP contribution in [0.1, 0.15) is 22.8 Å². The van der Waals surface area contributed by atoms with Crippen molar-refractivity contribution < 1.29 is 33.6 Å². The van der Waals surface area contributed by atoms with Crippen LogP contribution in [0.25, 0.3) is 6.08 Å². The second-order valence-corrected chi connectivity index (χ2v) is 7.63. The van der Waals surface area contributed by atoms with Crippen molar-refractivity contribution in [3.63, 3.8) is 0 Å². The molecule has 33 heavy (non-hydrogen) atoms. The highest BCUT2D eigenvalue weighted by molar-refractivity contribution is 8.18. The SMILES string of the molecule is CCOC(=O)C1=C(O)C(=Cc2cc(OC)c(OC)c(OC)c2)SC1=NC(=O)c1ccccc1. The molecule has 0 bridgehead atoms. The lowest BCUT2D eigenvalue weighted by Crippen LogP contribution is -2.14. The van der Waals surface area contributed by atoms with Crippen molar-refractivity contribution in [2.24, 2.45) is 4.99 Å². The van der Waals surface area contributed by atoms with E-state index in [4.69, 9.17) is 18.9 Å². The van der Waals surface area contributed by atoms with Gasteiger partial charge in [-0.3, -0.25) is 4.79 Å². The molecule has 1 amide bonds. The predicted octanol–water partition coefficient (Wildman–Crippen LogP) is 4.41. The Kier molecular flexibility index (Phi) is 7.78. The number of benzene rings is 2. The first-order valence-electron chi connectivity index (χ1n) is 9.92. The predicted molar refractivity (Wildman–Crippen MR) is 126 cm³/mol. The highest BCUT2D eigenvalue weighted by Crippen LogP contribution is 2.42. The average molecular weight is 470 g/mol. The first kappa shape index (κ1) is 23.9. The number of aliphatic hydroxyl groups excluding tert-OH is 1. The maximum Gasteiger partial charge on any atom is 0.344 e. The minimum Gasteiger partial charge on any atom is -0.506 e. The smallest absolute Gasteiger partial charge is 0.344 e.